The molecule has 0 N–H and O–H groups in total. The van der Waals surface area contributed by atoms with Gasteiger partial charge in [-0.3, -0.25) is 0 Å². The Labute approximate surface area is 87.0 Å². The second kappa shape index (κ2) is 8.34. The van der Waals surface area contributed by atoms with Gasteiger partial charge in [-0.2, -0.15) is 0 Å². The molecule has 0 bridgehead atoms. The third-order valence-corrected chi connectivity index (χ3v) is 2.11. The fourth-order valence-corrected chi connectivity index (χ4v) is 1.32. The van der Waals surface area contributed by atoms with Gasteiger partial charge < -0.3 is 0 Å². The minimum atomic E-state index is 1.16. The van der Waals surface area contributed by atoms with Crippen molar-refractivity contribution >= 4 is 0 Å². The first-order valence-corrected chi connectivity index (χ1v) is 5.39. The van der Waals surface area contributed by atoms with Crippen LogP contribution in [0.1, 0.15) is 32.1 Å². The van der Waals surface area contributed by atoms with Crippen LogP contribution in [0, 0.1) is 0 Å². The highest BCUT2D eigenvalue weighted by Crippen LogP contribution is 2.04. The Balaban J connectivity index is 2.48. The molecule has 0 aliphatic heterocycles. The van der Waals surface area contributed by atoms with Crippen LogP contribution in [-0.4, -0.2) is 0 Å². The molecule has 0 aromatic rings. The second-order valence-corrected chi connectivity index (χ2v) is 3.37. The third kappa shape index (κ3) is 6.28. The van der Waals surface area contributed by atoms with Crippen LogP contribution >= 0.6 is 0 Å². The first-order valence-electron chi connectivity index (χ1n) is 5.39. The highest BCUT2D eigenvalue weighted by atomic mass is 13.9. The van der Waals surface area contributed by atoms with Gasteiger partial charge in [0.05, 0.1) is 0 Å². The summed E-state index contributed by atoms with van der Waals surface area (Å²) in [4.78, 5) is 0. The van der Waals surface area contributed by atoms with Gasteiger partial charge in [-0.1, -0.05) is 42.9 Å². The van der Waals surface area contributed by atoms with Gasteiger partial charge in [0.15, 0.2) is 0 Å². The molecule has 14 heavy (non-hydrogen) atoms. The Morgan fingerprint density at radius 1 is 0.714 bits per heavy atom. The second-order valence-electron chi connectivity index (χ2n) is 3.37. The van der Waals surface area contributed by atoms with Crippen LogP contribution in [0.4, 0.5) is 0 Å². The summed E-state index contributed by atoms with van der Waals surface area (Å²) in [6.07, 6.45) is 22.8. The number of rotatable bonds is 0. The van der Waals surface area contributed by atoms with Crippen LogP contribution in [0.15, 0.2) is 54.3 Å². The van der Waals surface area contributed by atoms with Crippen molar-refractivity contribution in [3.63, 3.8) is 0 Å². The molecule has 74 valence electrons. The van der Waals surface area contributed by atoms with E-state index in [1.807, 2.05) is 24.3 Å². The Morgan fingerprint density at radius 2 is 1.50 bits per heavy atom. The summed E-state index contributed by atoms with van der Waals surface area (Å²) in [5.74, 6) is 0. The van der Waals surface area contributed by atoms with Crippen LogP contribution in [0.5, 0.6) is 0 Å². The minimum absolute atomic E-state index is 1.16. The maximum absolute atomic E-state index is 3.15. The summed E-state index contributed by atoms with van der Waals surface area (Å²) >= 11 is 0. The van der Waals surface area contributed by atoms with E-state index in [4.69, 9.17) is 0 Å². The molecule has 0 saturated heterocycles. The lowest BCUT2D eigenvalue weighted by atomic mass is 10.1. The monoisotopic (exact) mass is 186 g/mol. The van der Waals surface area contributed by atoms with Crippen molar-refractivity contribution in [1.29, 1.82) is 0 Å². The molecule has 0 nitrogen and oxygen atoms in total. The van der Waals surface area contributed by atoms with Crippen LogP contribution in [0.25, 0.3) is 0 Å². The number of allylic oxidation sites excluding steroid dienone is 7. The summed E-state index contributed by atoms with van der Waals surface area (Å²) in [7, 11) is 0. The zero-order valence-electron chi connectivity index (χ0n) is 8.65. The predicted molar refractivity (Wildman–Crippen MR) is 63.2 cm³/mol. The molecule has 0 aromatic heterocycles. The zero-order valence-corrected chi connectivity index (χ0v) is 8.65. The van der Waals surface area contributed by atoms with E-state index in [0.29, 0.717) is 0 Å². The van der Waals surface area contributed by atoms with Crippen LogP contribution < -0.4 is 0 Å². The lowest BCUT2D eigenvalue weighted by Gasteiger charge is -1.93. The standard InChI is InChI=1S/C14H18/c1-2-4-6-8-10-12-14-13-11-9-7-5-3-1/h1-7,11H,8,10,12-14H2/b2-1+,5-3-,6-4+. The summed E-state index contributed by atoms with van der Waals surface area (Å²) in [5.41, 5.74) is 3.15. The zero-order chi connectivity index (χ0) is 9.90. The quantitative estimate of drug-likeness (QED) is 0.494. The minimum Gasteiger partial charge on any atom is -0.125 e. The molecule has 0 unspecified atom stereocenters. The van der Waals surface area contributed by atoms with Crippen LogP contribution in [0.3, 0.4) is 0 Å². The van der Waals surface area contributed by atoms with Crippen molar-refractivity contribution in [3.05, 3.63) is 54.3 Å². The van der Waals surface area contributed by atoms with Crippen molar-refractivity contribution in [2.45, 2.75) is 32.1 Å². The molecule has 0 heterocycles. The summed E-state index contributed by atoms with van der Waals surface area (Å²) in [6, 6.07) is 0. The fourth-order valence-electron chi connectivity index (χ4n) is 1.32. The van der Waals surface area contributed by atoms with E-state index in [0.717, 1.165) is 6.42 Å². The molecule has 0 fully saturated rings. The van der Waals surface area contributed by atoms with Gasteiger partial charge in [-0.25, -0.2) is 0 Å². The van der Waals surface area contributed by atoms with Gasteiger partial charge in [-0.15, -0.1) is 5.73 Å². The van der Waals surface area contributed by atoms with Gasteiger partial charge in [0.1, 0.15) is 0 Å². The van der Waals surface area contributed by atoms with E-state index in [2.05, 4.69) is 30.0 Å². The van der Waals surface area contributed by atoms with Crippen molar-refractivity contribution in [3.8, 4) is 0 Å². The molecule has 1 aliphatic carbocycles. The lowest BCUT2D eigenvalue weighted by Crippen LogP contribution is -1.74. The molecule has 1 aliphatic rings. The van der Waals surface area contributed by atoms with Gasteiger partial charge in [-0.05, 0) is 37.8 Å². The molecular formula is C14H18. The van der Waals surface area contributed by atoms with E-state index in [-0.39, 0.29) is 0 Å². The predicted octanol–water partition coefficient (Wildman–Crippen LogP) is 4.33. The van der Waals surface area contributed by atoms with Crippen LogP contribution in [-0.2, 0) is 0 Å². The molecule has 1 rings (SSSR count). The van der Waals surface area contributed by atoms with Gasteiger partial charge in [0.2, 0.25) is 0 Å². The highest BCUT2D eigenvalue weighted by Gasteiger charge is 1.84. The van der Waals surface area contributed by atoms with E-state index in [1.54, 1.807) is 0 Å². The summed E-state index contributed by atoms with van der Waals surface area (Å²) < 4.78 is 0. The van der Waals surface area contributed by atoms with Gasteiger partial charge >= 0.3 is 0 Å². The Morgan fingerprint density at radius 3 is 2.50 bits per heavy atom. The van der Waals surface area contributed by atoms with Crippen molar-refractivity contribution in [1.82, 2.24) is 0 Å². The first-order chi connectivity index (χ1) is 7.00. The fraction of sp³-hybridized carbons (Fsp3) is 0.357. The molecule has 0 saturated carbocycles. The van der Waals surface area contributed by atoms with Crippen molar-refractivity contribution < 1.29 is 0 Å². The third-order valence-electron chi connectivity index (χ3n) is 2.11. The summed E-state index contributed by atoms with van der Waals surface area (Å²) in [6.45, 7) is 0. The normalized spacial score (nSPS) is 25.1. The highest BCUT2D eigenvalue weighted by molar-refractivity contribution is 5.15. The van der Waals surface area contributed by atoms with Crippen molar-refractivity contribution in [2.75, 3.05) is 0 Å². The first kappa shape index (κ1) is 10.8. The average molecular weight is 186 g/mol. The largest absolute Gasteiger partial charge is 0.125 e. The molecule has 0 aromatic carbocycles. The Kier molecular flexibility index (Phi) is 6.45. The summed E-state index contributed by atoms with van der Waals surface area (Å²) in [5, 5.41) is 0. The topological polar surface area (TPSA) is 0 Å². The van der Waals surface area contributed by atoms with E-state index < -0.39 is 0 Å². The molecule has 0 amide bonds. The maximum Gasteiger partial charge on any atom is -0.0203 e. The van der Waals surface area contributed by atoms with Crippen LogP contribution in [0.2, 0.25) is 0 Å². The molecular weight excluding hydrogens is 168 g/mol. The van der Waals surface area contributed by atoms with E-state index >= 15 is 0 Å². The van der Waals surface area contributed by atoms with Crippen molar-refractivity contribution in [2.24, 2.45) is 0 Å². The number of hydrogen-bond donors (Lipinski definition) is 0. The number of hydrogen-bond acceptors (Lipinski definition) is 0. The molecule has 0 heteroatoms. The van der Waals surface area contributed by atoms with E-state index in [9.17, 15) is 0 Å². The SMILES string of the molecule is C1=C\C=C/C=C/C=C/CCCCCC=1. The van der Waals surface area contributed by atoms with Gasteiger partial charge in [0, 0.05) is 0 Å². The molecule has 0 radical (unpaired) electrons. The Bertz CT molecular complexity index is 270. The molecule has 0 atom stereocenters. The Hall–Kier alpha value is -1.26. The average Bonchev–Trinajstić information content (AvgIpc) is 2.22. The van der Waals surface area contributed by atoms with E-state index in [1.165, 1.54) is 25.7 Å². The lowest BCUT2D eigenvalue weighted by molar-refractivity contribution is 0.696. The molecule has 0 spiro atoms. The maximum atomic E-state index is 3.15. The smallest absolute Gasteiger partial charge is 0.0203 e. The van der Waals surface area contributed by atoms with Gasteiger partial charge in [0.25, 0.3) is 0 Å².